The predicted octanol–water partition coefficient (Wildman–Crippen LogP) is 0.938. The minimum atomic E-state index is -1.52. The largest absolute Gasteiger partial charge is 0.497 e. The van der Waals surface area contributed by atoms with E-state index >= 15 is 0 Å². The Bertz CT molecular complexity index is 645. The van der Waals surface area contributed by atoms with Crippen LogP contribution in [0.2, 0.25) is 0 Å². The second-order valence-corrected chi connectivity index (χ2v) is 5.25. The fourth-order valence-electron chi connectivity index (χ4n) is 2.88. The molecule has 0 saturated carbocycles. The third-order valence-corrected chi connectivity index (χ3v) is 3.93. The van der Waals surface area contributed by atoms with Gasteiger partial charge in [0.05, 0.1) is 7.11 Å². The van der Waals surface area contributed by atoms with E-state index in [9.17, 15) is 10.0 Å². The summed E-state index contributed by atoms with van der Waals surface area (Å²) in [5.41, 5.74) is 4.07. The van der Waals surface area contributed by atoms with E-state index in [1.165, 1.54) is 18.4 Å². The normalized spacial score (nSPS) is 13.2. The van der Waals surface area contributed by atoms with Crippen LogP contribution in [0.1, 0.15) is 11.1 Å². The highest BCUT2D eigenvalue weighted by atomic mass is 16.5. The van der Waals surface area contributed by atoms with E-state index in [4.69, 9.17) is 4.74 Å². The third kappa shape index (κ3) is 2.75. The van der Waals surface area contributed by atoms with Gasteiger partial charge in [0.15, 0.2) is 0 Å². The van der Waals surface area contributed by atoms with Crippen LogP contribution in [0.5, 0.6) is 5.75 Å². The molecule has 108 valence electrons. The summed E-state index contributed by atoms with van der Waals surface area (Å²) in [6.45, 7) is 1.74. The third-order valence-electron chi connectivity index (χ3n) is 3.93. The van der Waals surface area contributed by atoms with E-state index in [1.54, 1.807) is 12.1 Å². The van der Waals surface area contributed by atoms with Crippen molar-refractivity contribution < 1.29 is 14.8 Å². The molecule has 21 heavy (non-hydrogen) atoms. The molecule has 0 bridgehead atoms. The Kier molecular flexibility index (Phi) is 3.86. The van der Waals surface area contributed by atoms with Crippen molar-refractivity contribution in [3.8, 4) is 5.75 Å². The Morgan fingerprint density at radius 2 is 2.00 bits per heavy atom. The summed E-state index contributed by atoms with van der Waals surface area (Å²) in [5.74, 6) is 0.496. The van der Waals surface area contributed by atoms with Crippen molar-refractivity contribution in [2.45, 2.75) is 13.0 Å². The highest BCUT2D eigenvalue weighted by molar-refractivity contribution is 6.59. The number of ether oxygens (including phenoxy) is 1. The van der Waals surface area contributed by atoms with E-state index in [0.29, 0.717) is 11.2 Å². The molecule has 0 atom stereocenters. The minimum Gasteiger partial charge on any atom is -0.497 e. The molecule has 5 heteroatoms. The lowest BCUT2D eigenvalue weighted by Crippen LogP contribution is -2.32. The fourth-order valence-corrected chi connectivity index (χ4v) is 2.88. The van der Waals surface area contributed by atoms with Gasteiger partial charge in [-0.15, -0.1) is 0 Å². The lowest BCUT2D eigenvalue weighted by Gasteiger charge is -2.20. The zero-order valence-electron chi connectivity index (χ0n) is 12.0. The summed E-state index contributed by atoms with van der Waals surface area (Å²) >= 11 is 0. The predicted molar refractivity (Wildman–Crippen MR) is 84.0 cm³/mol. The molecule has 0 amide bonds. The molecule has 0 aromatic heterocycles. The maximum Gasteiger partial charge on any atom is 0.492 e. The zero-order valence-corrected chi connectivity index (χ0v) is 12.0. The minimum absolute atomic E-state index is 0.405. The summed E-state index contributed by atoms with van der Waals surface area (Å²) in [4.78, 5) is 2.31. The van der Waals surface area contributed by atoms with Crippen LogP contribution >= 0.6 is 0 Å². The van der Waals surface area contributed by atoms with Crippen molar-refractivity contribution in [3.63, 3.8) is 0 Å². The van der Waals surface area contributed by atoms with Crippen LogP contribution in [-0.2, 0) is 13.0 Å². The number of para-hydroxylation sites is 1. The van der Waals surface area contributed by atoms with E-state index in [2.05, 4.69) is 23.1 Å². The van der Waals surface area contributed by atoms with Gasteiger partial charge < -0.3 is 19.7 Å². The van der Waals surface area contributed by atoms with Crippen molar-refractivity contribution in [1.82, 2.24) is 0 Å². The number of hydrogen-bond acceptors (Lipinski definition) is 4. The van der Waals surface area contributed by atoms with Gasteiger partial charge >= 0.3 is 7.12 Å². The van der Waals surface area contributed by atoms with Gasteiger partial charge in [0.1, 0.15) is 5.75 Å². The first kappa shape index (κ1) is 14.0. The second kappa shape index (κ2) is 5.80. The van der Waals surface area contributed by atoms with Crippen LogP contribution in [0.25, 0.3) is 0 Å². The van der Waals surface area contributed by atoms with Gasteiger partial charge in [0, 0.05) is 24.2 Å². The molecule has 0 radical (unpaired) electrons. The lowest BCUT2D eigenvalue weighted by molar-refractivity contribution is 0.403. The van der Waals surface area contributed by atoms with Crippen LogP contribution in [-0.4, -0.2) is 30.8 Å². The number of fused-ring (bicyclic) bond motifs is 1. The number of anilines is 1. The maximum atomic E-state index is 9.44. The van der Waals surface area contributed by atoms with Crippen molar-refractivity contribution in [1.29, 1.82) is 0 Å². The molecule has 4 nitrogen and oxygen atoms in total. The van der Waals surface area contributed by atoms with Gasteiger partial charge in [0.2, 0.25) is 0 Å². The fraction of sp³-hybridized carbons (Fsp3) is 0.250. The Morgan fingerprint density at radius 3 is 2.76 bits per heavy atom. The van der Waals surface area contributed by atoms with Gasteiger partial charge in [-0.3, -0.25) is 0 Å². The molecule has 0 aliphatic carbocycles. The molecule has 2 aromatic carbocycles. The lowest BCUT2D eigenvalue weighted by atomic mass is 9.78. The first-order chi connectivity index (χ1) is 10.2. The molecule has 0 saturated heterocycles. The summed E-state index contributed by atoms with van der Waals surface area (Å²) < 4.78 is 5.15. The molecule has 1 aliphatic heterocycles. The van der Waals surface area contributed by atoms with Crippen LogP contribution in [0, 0.1) is 0 Å². The van der Waals surface area contributed by atoms with Gasteiger partial charge in [0.25, 0.3) is 0 Å². The molecule has 1 heterocycles. The van der Waals surface area contributed by atoms with Gasteiger partial charge in [-0.25, -0.2) is 0 Å². The Balaban J connectivity index is 1.85. The number of rotatable bonds is 4. The number of nitrogens with zero attached hydrogens (tertiary/aromatic N) is 1. The SMILES string of the molecule is COc1ccc(CN2CCc3ccccc32)cc1B(O)O. The van der Waals surface area contributed by atoms with Gasteiger partial charge in [-0.05, 0) is 29.7 Å². The maximum absolute atomic E-state index is 9.44. The molecule has 0 unspecified atom stereocenters. The molecule has 1 aliphatic rings. The molecule has 0 spiro atoms. The molecule has 2 aromatic rings. The monoisotopic (exact) mass is 283 g/mol. The summed E-state index contributed by atoms with van der Waals surface area (Å²) in [5, 5.41) is 18.9. The van der Waals surface area contributed by atoms with Gasteiger partial charge in [-0.1, -0.05) is 30.3 Å². The summed E-state index contributed by atoms with van der Waals surface area (Å²) in [7, 11) is 0.00296. The molecule has 3 rings (SSSR count). The average Bonchev–Trinajstić information content (AvgIpc) is 2.90. The van der Waals surface area contributed by atoms with Gasteiger partial charge in [-0.2, -0.15) is 0 Å². The molecular weight excluding hydrogens is 265 g/mol. The van der Waals surface area contributed by atoms with Crippen molar-refractivity contribution in [2.24, 2.45) is 0 Å². The van der Waals surface area contributed by atoms with Crippen molar-refractivity contribution >= 4 is 18.3 Å². The molecule has 0 fully saturated rings. The highest BCUT2D eigenvalue weighted by Crippen LogP contribution is 2.28. The van der Waals surface area contributed by atoms with E-state index in [1.807, 2.05) is 12.1 Å². The topological polar surface area (TPSA) is 52.9 Å². The van der Waals surface area contributed by atoms with Crippen LogP contribution in [0.15, 0.2) is 42.5 Å². The molecular formula is C16H18BNO3. The summed E-state index contributed by atoms with van der Waals surface area (Å²) in [6, 6.07) is 14.0. The smallest absolute Gasteiger partial charge is 0.492 e. The van der Waals surface area contributed by atoms with Crippen LogP contribution in [0.3, 0.4) is 0 Å². The van der Waals surface area contributed by atoms with E-state index < -0.39 is 7.12 Å². The quantitative estimate of drug-likeness (QED) is 0.820. The standard InChI is InChI=1S/C16H18BNO3/c1-21-16-7-6-12(10-14(16)17(19)20)11-18-9-8-13-4-2-3-5-15(13)18/h2-7,10,19-20H,8-9,11H2,1H3. The number of methoxy groups -OCH3 is 1. The number of hydrogen-bond donors (Lipinski definition) is 2. The van der Waals surface area contributed by atoms with E-state index in [-0.39, 0.29) is 0 Å². The Labute approximate surface area is 124 Å². The first-order valence-corrected chi connectivity index (χ1v) is 7.05. The molecule has 2 N–H and O–H groups in total. The summed E-state index contributed by atoms with van der Waals surface area (Å²) in [6.07, 6.45) is 1.06. The highest BCUT2D eigenvalue weighted by Gasteiger charge is 2.21. The van der Waals surface area contributed by atoms with Crippen LogP contribution < -0.4 is 15.1 Å². The average molecular weight is 283 g/mol. The Morgan fingerprint density at radius 1 is 1.19 bits per heavy atom. The number of benzene rings is 2. The van der Waals surface area contributed by atoms with Crippen molar-refractivity contribution in [3.05, 3.63) is 53.6 Å². The zero-order chi connectivity index (χ0) is 14.8. The Hall–Kier alpha value is -1.98. The van der Waals surface area contributed by atoms with E-state index in [0.717, 1.165) is 25.1 Å². The van der Waals surface area contributed by atoms with Crippen molar-refractivity contribution in [2.75, 3.05) is 18.6 Å². The first-order valence-electron chi connectivity index (χ1n) is 7.05. The van der Waals surface area contributed by atoms with Crippen LogP contribution in [0.4, 0.5) is 5.69 Å². The second-order valence-electron chi connectivity index (χ2n) is 5.25.